The first-order valence-corrected chi connectivity index (χ1v) is 10.9. The minimum Gasteiger partial charge on any atom is -0.481 e. The Bertz CT molecular complexity index is 953. The lowest BCUT2D eigenvalue weighted by Gasteiger charge is -2.15. The number of halogens is 1. The fraction of sp³-hybridized carbons (Fsp3) is 0.278. The summed E-state index contributed by atoms with van der Waals surface area (Å²) < 4.78 is 2.56. The van der Waals surface area contributed by atoms with Gasteiger partial charge in [-0.15, -0.1) is 21.5 Å². The van der Waals surface area contributed by atoms with E-state index in [9.17, 15) is 4.79 Å². The summed E-state index contributed by atoms with van der Waals surface area (Å²) >= 11 is 6.42. The highest BCUT2D eigenvalue weighted by Gasteiger charge is 2.26. The van der Waals surface area contributed by atoms with Crippen LogP contribution in [-0.2, 0) is 17.6 Å². The zero-order valence-electron chi connectivity index (χ0n) is 13.8. The zero-order chi connectivity index (χ0) is 18.1. The zero-order valence-corrected chi connectivity index (χ0v) is 17.0. The van der Waals surface area contributed by atoms with Crippen molar-refractivity contribution in [1.29, 1.82) is 0 Å². The Morgan fingerprint density at radius 1 is 1.19 bits per heavy atom. The van der Waals surface area contributed by atoms with Crippen molar-refractivity contribution in [3.8, 4) is 15.4 Å². The molecule has 1 aromatic carbocycles. The molecule has 2 heterocycles. The van der Waals surface area contributed by atoms with Gasteiger partial charge in [0.2, 0.25) is 4.73 Å². The van der Waals surface area contributed by atoms with Crippen LogP contribution in [0.4, 0.5) is 0 Å². The molecule has 0 amide bonds. The Kier molecular flexibility index (Phi) is 5.15. The molecular formula is C18H16BrN3O2S2. The number of rotatable bonds is 5. The lowest BCUT2D eigenvalue weighted by Crippen LogP contribution is -2.06. The minimum atomic E-state index is -0.862. The molecule has 3 aromatic rings. The quantitative estimate of drug-likeness (QED) is 0.565. The van der Waals surface area contributed by atoms with E-state index in [1.54, 1.807) is 11.3 Å². The second-order valence-electron chi connectivity index (χ2n) is 6.04. The molecule has 0 unspecified atom stereocenters. The largest absolute Gasteiger partial charge is 0.481 e. The average Bonchev–Trinajstić information content (AvgIpc) is 3.21. The Morgan fingerprint density at radius 2 is 1.92 bits per heavy atom. The fourth-order valence-corrected chi connectivity index (χ4v) is 6.04. The van der Waals surface area contributed by atoms with Crippen molar-refractivity contribution in [3.05, 3.63) is 46.2 Å². The number of aliphatic carboxylic acids is 1. The highest BCUT2D eigenvalue weighted by Crippen LogP contribution is 2.44. The lowest BCUT2D eigenvalue weighted by molar-refractivity contribution is -0.133. The van der Waals surface area contributed by atoms with Crippen LogP contribution in [0.2, 0.25) is 0 Å². The van der Waals surface area contributed by atoms with Crippen LogP contribution in [0.25, 0.3) is 15.4 Å². The number of fused-ring (bicyclic) bond motifs is 1. The smallest absolute Gasteiger partial charge is 0.313 e. The molecule has 0 saturated heterocycles. The number of thioether (sulfide) groups is 1. The van der Waals surface area contributed by atoms with Gasteiger partial charge in [0.05, 0.1) is 5.75 Å². The Hall–Kier alpha value is -1.64. The van der Waals surface area contributed by atoms with Crippen LogP contribution in [0.3, 0.4) is 0 Å². The summed E-state index contributed by atoms with van der Waals surface area (Å²) in [6.45, 7) is 0. The van der Waals surface area contributed by atoms with E-state index in [1.165, 1.54) is 46.2 Å². The maximum Gasteiger partial charge on any atom is 0.313 e. The van der Waals surface area contributed by atoms with Crippen molar-refractivity contribution in [2.45, 2.75) is 30.8 Å². The molecule has 5 nitrogen and oxygen atoms in total. The van der Waals surface area contributed by atoms with Gasteiger partial charge in [-0.1, -0.05) is 42.1 Å². The normalized spacial score (nSPS) is 13.6. The molecule has 1 aliphatic carbocycles. The van der Waals surface area contributed by atoms with Crippen molar-refractivity contribution in [1.82, 2.24) is 14.8 Å². The summed E-state index contributed by atoms with van der Waals surface area (Å²) in [6.07, 6.45) is 4.48. The number of carbonyl (C=O) groups is 1. The highest BCUT2D eigenvalue weighted by atomic mass is 79.9. The van der Waals surface area contributed by atoms with Crippen molar-refractivity contribution in [2.24, 2.45) is 0 Å². The molecule has 26 heavy (non-hydrogen) atoms. The monoisotopic (exact) mass is 449 g/mol. The topological polar surface area (TPSA) is 68.0 Å². The van der Waals surface area contributed by atoms with Crippen molar-refractivity contribution < 1.29 is 9.90 Å². The van der Waals surface area contributed by atoms with E-state index in [4.69, 9.17) is 5.11 Å². The van der Waals surface area contributed by atoms with E-state index in [0.717, 1.165) is 17.8 Å². The van der Waals surface area contributed by atoms with Crippen LogP contribution < -0.4 is 0 Å². The molecule has 8 heteroatoms. The van der Waals surface area contributed by atoms with E-state index >= 15 is 0 Å². The van der Waals surface area contributed by atoms with Crippen molar-refractivity contribution in [2.75, 3.05) is 5.75 Å². The van der Waals surface area contributed by atoms with Gasteiger partial charge in [-0.2, -0.15) is 0 Å². The van der Waals surface area contributed by atoms with E-state index in [2.05, 4.69) is 50.4 Å². The summed E-state index contributed by atoms with van der Waals surface area (Å²) in [4.78, 5) is 12.3. The van der Waals surface area contributed by atoms with E-state index in [0.29, 0.717) is 9.89 Å². The molecule has 0 atom stereocenters. The van der Waals surface area contributed by atoms with Gasteiger partial charge in [0.15, 0.2) is 5.16 Å². The molecule has 4 rings (SSSR count). The number of thiophene rings is 1. The fourth-order valence-electron chi connectivity index (χ4n) is 3.26. The molecule has 2 aromatic heterocycles. The third-order valence-corrected chi connectivity index (χ3v) is 7.09. The second-order valence-corrected chi connectivity index (χ2v) is 8.69. The standard InChI is InChI=1S/C18H16BrN3O2S2/c19-17-20-21-18(25-10-14(23)24)22(17)16-13-9-5-4-8-12(13)15(26-16)11-6-2-1-3-7-11/h1-3,6-7H,4-5,8-10H2,(H,23,24). The number of carboxylic acid groups (broad SMARTS) is 1. The van der Waals surface area contributed by atoms with E-state index in [-0.39, 0.29) is 5.75 Å². The molecule has 0 aliphatic heterocycles. The molecule has 0 saturated carbocycles. The molecule has 134 valence electrons. The minimum absolute atomic E-state index is 0.0375. The molecule has 0 bridgehead atoms. The first-order chi connectivity index (χ1) is 12.6. The summed E-state index contributed by atoms with van der Waals surface area (Å²) in [5, 5.41) is 19.0. The summed E-state index contributed by atoms with van der Waals surface area (Å²) in [7, 11) is 0. The van der Waals surface area contributed by atoms with Gasteiger partial charge in [0.25, 0.3) is 0 Å². The van der Waals surface area contributed by atoms with Crippen LogP contribution in [-0.4, -0.2) is 31.6 Å². The molecule has 0 fully saturated rings. The van der Waals surface area contributed by atoms with Crippen LogP contribution in [0.5, 0.6) is 0 Å². The van der Waals surface area contributed by atoms with Gasteiger partial charge in [-0.3, -0.25) is 9.36 Å². The molecule has 0 spiro atoms. The van der Waals surface area contributed by atoms with Crippen LogP contribution in [0.15, 0.2) is 40.2 Å². The van der Waals surface area contributed by atoms with Crippen molar-refractivity contribution in [3.63, 3.8) is 0 Å². The number of benzene rings is 1. The van der Waals surface area contributed by atoms with Crippen molar-refractivity contribution >= 4 is 45.0 Å². The van der Waals surface area contributed by atoms with Gasteiger partial charge in [0, 0.05) is 4.88 Å². The van der Waals surface area contributed by atoms with Gasteiger partial charge in [0.1, 0.15) is 5.00 Å². The van der Waals surface area contributed by atoms with E-state index < -0.39 is 5.97 Å². The first kappa shape index (κ1) is 17.8. The molecule has 1 aliphatic rings. The number of nitrogens with zero attached hydrogens (tertiary/aromatic N) is 3. The van der Waals surface area contributed by atoms with E-state index in [1.807, 2.05) is 10.6 Å². The molecular weight excluding hydrogens is 434 g/mol. The molecule has 1 N–H and O–H groups in total. The van der Waals surface area contributed by atoms with Gasteiger partial charge in [-0.25, -0.2) is 0 Å². The lowest BCUT2D eigenvalue weighted by atomic mass is 9.91. The number of aromatic nitrogens is 3. The van der Waals surface area contributed by atoms with Crippen LogP contribution in [0.1, 0.15) is 24.0 Å². The third kappa shape index (κ3) is 3.33. The van der Waals surface area contributed by atoms with Gasteiger partial charge in [-0.05, 0) is 58.3 Å². The summed E-state index contributed by atoms with van der Waals surface area (Å²) in [6, 6.07) is 10.4. The summed E-state index contributed by atoms with van der Waals surface area (Å²) in [5.74, 6) is -0.900. The highest BCUT2D eigenvalue weighted by molar-refractivity contribution is 9.10. The number of hydrogen-bond acceptors (Lipinski definition) is 5. The number of carboxylic acids is 1. The predicted molar refractivity (Wildman–Crippen MR) is 107 cm³/mol. The maximum absolute atomic E-state index is 11.0. The number of hydrogen-bond donors (Lipinski definition) is 1. The van der Waals surface area contributed by atoms with Crippen LogP contribution >= 0.6 is 39.0 Å². The predicted octanol–water partition coefficient (Wildman–Crippen LogP) is 4.81. The maximum atomic E-state index is 11.0. The second kappa shape index (κ2) is 7.54. The molecule has 0 radical (unpaired) electrons. The Labute approximate surface area is 167 Å². The first-order valence-electron chi connectivity index (χ1n) is 8.31. The van der Waals surface area contributed by atoms with Crippen LogP contribution in [0, 0.1) is 0 Å². The Balaban J connectivity index is 1.84. The van der Waals surface area contributed by atoms with Gasteiger partial charge < -0.3 is 5.11 Å². The summed E-state index contributed by atoms with van der Waals surface area (Å²) in [5.41, 5.74) is 3.99. The SMILES string of the molecule is O=C(O)CSc1nnc(Br)n1-c1sc(-c2ccccc2)c2c1CCCC2. The van der Waals surface area contributed by atoms with Gasteiger partial charge >= 0.3 is 5.97 Å². The average molecular weight is 450 g/mol. The Morgan fingerprint density at radius 3 is 2.65 bits per heavy atom. The third-order valence-electron chi connectivity index (χ3n) is 4.36.